The maximum atomic E-state index is 13.0. The number of carbonyl (C=O) groups is 2. The molecule has 2 amide bonds. The zero-order chi connectivity index (χ0) is 19.1. The molecule has 1 fully saturated rings. The third-order valence-corrected chi connectivity index (χ3v) is 4.63. The topological polar surface area (TPSA) is 47.1 Å². The van der Waals surface area contributed by atoms with Crippen molar-refractivity contribution in [2.24, 2.45) is 0 Å². The van der Waals surface area contributed by atoms with Crippen LogP contribution in [0.5, 0.6) is 0 Å². The van der Waals surface area contributed by atoms with Crippen molar-refractivity contribution >= 4 is 17.5 Å². The smallest absolute Gasteiger partial charge is 0.242 e. The lowest BCUT2D eigenvalue weighted by atomic mass is 10.2. The summed E-state index contributed by atoms with van der Waals surface area (Å²) in [5, 5.41) is 0. The van der Waals surface area contributed by atoms with E-state index >= 15 is 0 Å². The van der Waals surface area contributed by atoms with E-state index < -0.39 is 0 Å². The lowest BCUT2D eigenvalue weighted by Gasteiger charge is -2.37. The molecule has 0 N–H and O–H groups in total. The second-order valence-electron chi connectivity index (χ2n) is 6.94. The van der Waals surface area contributed by atoms with Gasteiger partial charge in [-0.15, -0.1) is 0 Å². The normalized spacial score (nSPS) is 14.7. The third kappa shape index (κ3) is 5.98. The Balaban J connectivity index is 1.82. The lowest BCUT2D eigenvalue weighted by Crippen LogP contribution is -2.52. The van der Waals surface area contributed by atoms with Crippen LogP contribution in [-0.2, 0) is 9.59 Å². The molecular weight excluding hydrogens is 335 g/mol. The molecule has 1 aliphatic heterocycles. The summed E-state index contributed by atoms with van der Waals surface area (Å²) in [6, 6.07) is 6.42. The maximum Gasteiger partial charge on any atom is 0.242 e. The molecule has 7 heteroatoms. The van der Waals surface area contributed by atoms with Gasteiger partial charge in [-0.1, -0.05) is 0 Å². The highest BCUT2D eigenvalue weighted by Crippen LogP contribution is 2.17. The van der Waals surface area contributed by atoms with E-state index in [4.69, 9.17) is 0 Å². The summed E-state index contributed by atoms with van der Waals surface area (Å²) in [6.07, 6.45) is 0.845. The van der Waals surface area contributed by atoms with E-state index in [1.165, 1.54) is 19.1 Å². The van der Waals surface area contributed by atoms with Gasteiger partial charge in [0.05, 0.1) is 6.54 Å². The number of hydrogen-bond acceptors (Lipinski definition) is 4. The Bertz CT molecular complexity index is 598. The molecule has 0 aromatic heterocycles. The summed E-state index contributed by atoms with van der Waals surface area (Å²) in [6.45, 7) is 5.76. The van der Waals surface area contributed by atoms with Gasteiger partial charge >= 0.3 is 0 Å². The molecule has 0 unspecified atom stereocenters. The molecule has 0 bridgehead atoms. The van der Waals surface area contributed by atoms with Crippen LogP contribution in [0.25, 0.3) is 0 Å². The van der Waals surface area contributed by atoms with Gasteiger partial charge in [0.1, 0.15) is 5.82 Å². The van der Waals surface area contributed by atoms with Crippen molar-refractivity contribution in [1.29, 1.82) is 0 Å². The molecule has 26 heavy (non-hydrogen) atoms. The number of anilines is 1. The van der Waals surface area contributed by atoms with Crippen molar-refractivity contribution in [3.8, 4) is 0 Å². The van der Waals surface area contributed by atoms with E-state index in [1.54, 1.807) is 17.0 Å². The first-order valence-electron chi connectivity index (χ1n) is 9.05. The fraction of sp³-hybridized carbons (Fsp3) is 0.579. The van der Waals surface area contributed by atoms with Crippen molar-refractivity contribution in [2.45, 2.75) is 13.3 Å². The molecule has 1 saturated heterocycles. The van der Waals surface area contributed by atoms with Gasteiger partial charge in [-0.2, -0.15) is 0 Å². The summed E-state index contributed by atoms with van der Waals surface area (Å²) in [4.78, 5) is 32.0. The van der Waals surface area contributed by atoms with Crippen LogP contribution in [-0.4, -0.2) is 86.4 Å². The van der Waals surface area contributed by atoms with Gasteiger partial charge in [-0.25, -0.2) is 4.39 Å². The first-order chi connectivity index (χ1) is 12.4. The SMILES string of the molecule is CC(=O)N(CCCN(C)C)CC(=O)N1CCN(c2ccc(F)cc2)CC1. The average Bonchev–Trinajstić information content (AvgIpc) is 2.61. The fourth-order valence-electron chi connectivity index (χ4n) is 3.05. The Morgan fingerprint density at radius 3 is 2.19 bits per heavy atom. The van der Waals surface area contributed by atoms with Crippen LogP contribution in [0.4, 0.5) is 10.1 Å². The van der Waals surface area contributed by atoms with E-state index in [0.717, 1.165) is 18.7 Å². The van der Waals surface area contributed by atoms with Crippen LogP contribution in [0.2, 0.25) is 0 Å². The molecule has 1 heterocycles. The zero-order valence-electron chi connectivity index (χ0n) is 15.9. The second kappa shape index (κ2) is 9.52. The van der Waals surface area contributed by atoms with Gasteiger partial charge < -0.3 is 19.6 Å². The van der Waals surface area contributed by atoms with Gasteiger partial charge in [-0.05, 0) is 51.3 Å². The molecule has 1 aliphatic rings. The van der Waals surface area contributed by atoms with Crippen LogP contribution in [0, 0.1) is 5.82 Å². The Morgan fingerprint density at radius 1 is 1.04 bits per heavy atom. The quantitative estimate of drug-likeness (QED) is 0.731. The first kappa shape index (κ1) is 20.2. The number of carbonyl (C=O) groups excluding carboxylic acids is 2. The maximum absolute atomic E-state index is 13.0. The largest absolute Gasteiger partial charge is 0.368 e. The average molecular weight is 364 g/mol. The molecule has 144 valence electrons. The molecular formula is C19H29FN4O2. The summed E-state index contributed by atoms with van der Waals surface area (Å²) >= 11 is 0. The van der Waals surface area contributed by atoms with Gasteiger partial charge in [0, 0.05) is 45.3 Å². The predicted octanol–water partition coefficient (Wildman–Crippen LogP) is 1.27. The van der Waals surface area contributed by atoms with Crippen LogP contribution in [0.15, 0.2) is 24.3 Å². The molecule has 2 rings (SSSR count). The summed E-state index contributed by atoms with van der Waals surface area (Å²) in [7, 11) is 3.98. The van der Waals surface area contributed by atoms with Crippen molar-refractivity contribution in [3.05, 3.63) is 30.1 Å². The molecule has 0 atom stereocenters. The van der Waals surface area contributed by atoms with Crippen molar-refractivity contribution in [2.75, 3.05) is 64.8 Å². The predicted molar refractivity (Wildman–Crippen MR) is 101 cm³/mol. The Morgan fingerprint density at radius 2 is 1.65 bits per heavy atom. The third-order valence-electron chi connectivity index (χ3n) is 4.63. The van der Waals surface area contributed by atoms with Crippen molar-refractivity contribution in [1.82, 2.24) is 14.7 Å². The molecule has 0 spiro atoms. The number of hydrogen-bond donors (Lipinski definition) is 0. The van der Waals surface area contributed by atoms with Crippen LogP contribution >= 0.6 is 0 Å². The minimum absolute atomic E-state index is 0.0104. The molecule has 1 aromatic rings. The lowest BCUT2D eigenvalue weighted by molar-refractivity contribution is -0.139. The Hall–Kier alpha value is -2.15. The Labute approximate surface area is 155 Å². The Kier molecular flexibility index (Phi) is 7.38. The summed E-state index contributed by atoms with van der Waals surface area (Å²) in [5.74, 6) is -0.327. The highest BCUT2D eigenvalue weighted by Gasteiger charge is 2.23. The van der Waals surface area contributed by atoms with E-state index in [1.807, 2.05) is 19.0 Å². The van der Waals surface area contributed by atoms with Crippen molar-refractivity contribution < 1.29 is 14.0 Å². The number of amides is 2. The van der Waals surface area contributed by atoms with Gasteiger partial charge in [0.25, 0.3) is 0 Å². The minimum atomic E-state index is -0.249. The standard InChI is InChI=1S/C19H29FN4O2/c1-16(25)24(10-4-9-21(2)3)15-19(26)23-13-11-22(12-14-23)18-7-5-17(20)6-8-18/h5-8H,4,9-15H2,1-3H3. The van der Waals surface area contributed by atoms with E-state index in [-0.39, 0.29) is 24.2 Å². The minimum Gasteiger partial charge on any atom is -0.368 e. The van der Waals surface area contributed by atoms with Crippen LogP contribution < -0.4 is 4.90 Å². The number of rotatable bonds is 7. The van der Waals surface area contributed by atoms with Crippen molar-refractivity contribution in [3.63, 3.8) is 0 Å². The van der Waals surface area contributed by atoms with E-state index in [2.05, 4.69) is 9.80 Å². The van der Waals surface area contributed by atoms with Gasteiger partial charge in [0.2, 0.25) is 11.8 Å². The molecule has 0 radical (unpaired) electrons. The monoisotopic (exact) mass is 364 g/mol. The van der Waals surface area contributed by atoms with Crippen LogP contribution in [0.1, 0.15) is 13.3 Å². The number of nitrogens with zero attached hydrogens (tertiary/aromatic N) is 4. The summed E-state index contributed by atoms with van der Waals surface area (Å²) in [5.41, 5.74) is 0.965. The van der Waals surface area contributed by atoms with E-state index in [0.29, 0.717) is 32.7 Å². The highest BCUT2D eigenvalue weighted by molar-refractivity contribution is 5.84. The number of piperazine rings is 1. The second-order valence-corrected chi connectivity index (χ2v) is 6.94. The summed E-state index contributed by atoms with van der Waals surface area (Å²) < 4.78 is 13.0. The fourth-order valence-corrected chi connectivity index (χ4v) is 3.05. The molecule has 6 nitrogen and oxygen atoms in total. The van der Waals surface area contributed by atoms with Gasteiger partial charge in [0.15, 0.2) is 0 Å². The first-order valence-corrected chi connectivity index (χ1v) is 9.05. The zero-order valence-corrected chi connectivity index (χ0v) is 15.9. The highest BCUT2D eigenvalue weighted by atomic mass is 19.1. The molecule has 0 saturated carbocycles. The molecule has 0 aliphatic carbocycles. The molecule has 1 aromatic carbocycles. The van der Waals surface area contributed by atoms with Crippen LogP contribution in [0.3, 0.4) is 0 Å². The number of benzene rings is 1. The van der Waals surface area contributed by atoms with Gasteiger partial charge in [-0.3, -0.25) is 9.59 Å². The number of halogens is 1. The van der Waals surface area contributed by atoms with E-state index in [9.17, 15) is 14.0 Å².